The second-order valence-corrected chi connectivity index (χ2v) is 11.0. The van der Waals surface area contributed by atoms with Gasteiger partial charge in [-0.15, -0.1) is 11.3 Å². The molecule has 1 amide bonds. The maximum Gasteiger partial charge on any atom is 0.252 e. The van der Waals surface area contributed by atoms with E-state index in [4.69, 9.17) is 4.74 Å². The van der Waals surface area contributed by atoms with E-state index in [9.17, 15) is 13.2 Å². The molecule has 168 valence electrons. The molecule has 3 aromatic rings. The van der Waals surface area contributed by atoms with Crippen molar-refractivity contribution < 1.29 is 17.9 Å². The number of anilines is 1. The van der Waals surface area contributed by atoms with Crippen molar-refractivity contribution in [2.24, 2.45) is 0 Å². The second-order valence-electron chi connectivity index (χ2n) is 7.71. The summed E-state index contributed by atoms with van der Waals surface area (Å²) in [6.07, 6.45) is 3.00. The lowest BCUT2D eigenvalue weighted by Gasteiger charge is -2.25. The fourth-order valence-corrected chi connectivity index (χ4v) is 6.59. The number of piperidine rings is 1. The number of benzene rings is 2. The van der Waals surface area contributed by atoms with Gasteiger partial charge in [-0.25, -0.2) is 8.42 Å². The van der Waals surface area contributed by atoms with Gasteiger partial charge in [-0.1, -0.05) is 36.8 Å². The number of amides is 1. The van der Waals surface area contributed by atoms with Crippen molar-refractivity contribution in [2.75, 3.05) is 18.4 Å². The standard InChI is InChI=1S/C24H26N2O4S2/c27-23(17-22-13-14-24(31-22)32(28,29)26-15-5-2-6-16-26)25-20-9-11-21(12-10-20)30-18-19-7-3-1-4-8-19/h1,3-4,7-14H,2,5-6,15-18H2,(H,25,27). The van der Waals surface area contributed by atoms with E-state index in [-0.39, 0.29) is 12.3 Å². The van der Waals surface area contributed by atoms with Crippen LogP contribution in [0.25, 0.3) is 0 Å². The van der Waals surface area contributed by atoms with E-state index in [1.54, 1.807) is 28.6 Å². The van der Waals surface area contributed by atoms with Crippen LogP contribution in [0.1, 0.15) is 29.7 Å². The van der Waals surface area contributed by atoms with Crippen LogP contribution < -0.4 is 10.1 Å². The van der Waals surface area contributed by atoms with E-state index < -0.39 is 10.0 Å². The quantitative estimate of drug-likeness (QED) is 0.519. The molecule has 2 aromatic carbocycles. The predicted molar refractivity (Wildman–Crippen MR) is 126 cm³/mol. The third kappa shape index (κ3) is 5.76. The molecule has 0 spiro atoms. The van der Waals surface area contributed by atoms with E-state index in [1.165, 1.54) is 11.3 Å². The molecule has 0 bridgehead atoms. The van der Waals surface area contributed by atoms with Crippen molar-refractivity contribution in [3.8, 4) is 5.75 Å². The maximum atomic E-state index is 12.8. The third-order valence-corrected chi connectivity index (χ3v) is 8.72. The first-order chi connectivity index (χ1) is 15.5. The van der Waals surface area contributed by atoms with Crippen molar-refractivity contribution in [1.82, 2.24) is 4.31 Å². The van der Waals surface area contributed by atoms with Crippen LogP contribution in [-0.2, 0) is 27.8 Å². The molecule has 0 aliphatic carbocycles. The molecule has 0 atom stereocenters. The fraction of sp³-hybridized carbons (Fsp3) is 0.292. The molecule has 1 aliphatic heterocycles. The highest BCUT2D eigenvalue weighted by molar-refractivity contribution is 7.91. The highest BCUT2D eigenvalue weighted by Gasteiger charge is 2.27. The molecule has 4 rings (SSSR count). The zero-order valence-corrected chi connectivity index (χ0v) is 19.3. The average Bonchev–Trinajstić information content (AvgIpc) is 3.29. The molecule has 8 heteroatoms. The van der Waals surface area contributed by atoms with Crippen molar-refractivity contribution in [2.45, 2.75) is 36.5 Å². The largest absolute Gasteiger partial charge is 0.489 e. The second kappa shape index (κ2) is 10.3. The van der Waals surface area contributed by atoms with Crippen molar-refractivity contribution in [3.63, 3.8) is 0 Å². The minimum Gasteiger partial charge on any atom is -0.489 e. The molecule has 6 nitrogen and oxygen atoms in total. The number of carbonyl (C=O) groups is 1. The number of nitrogens with zero attached hydrogens (tertiary/aromatic N) is 1. The number of carbonyl (C=O) groups excluding carboxylic acids is 1. The van der Waals surface area contributed by atoms with E-state index in [1.807, 2.05) is 42.5 Å². The molecule has 0 saturated carbocycles. The van der Waals surface area contributed by atoms with Crippen LogP contribution in [0, 0.1) is 0 Å². The molecule has 1 aromatic heterocycles. The van der Waals surface area contributed by atoms with Gasteiger partial charge in [-0.3, -0.25) is 4.79 Å². The summed E-state index contributed by atoms with van der Waals surface area (Å²) in [5.41, 5.74) is 1.75. The van der Waals surface area contributed by atoms with Crippen LogP contribution in [0.15, 0.2) is 70.9 Å². The van der Waals surface area contributed by atoms with E-state index in [0.717, 1.165) is 35.5 Å². The number of rotatable bonds is 8. The fourth-order valence-electron chi connectivity index (χ4n) is 3.56. The van der Waals surface area contributed by atoms with Gasteiger partial charge >= 0.3 is 0 Å². The summed E-state index contributed by atoms with van der Waals surface area (Å²) >= 11 is 1.17. The maximum absolute atomic E-state index is 12.8. The van der Waals surface area contributed by atoms with Gasteiger partial charge in [0.05, 0.1) is 6.42 Å². The lowest BCUT2D eigenvalue weighted by atomic mass is 10.2. The summed E-state index contributed by atoms with van der Waals surface area (Å²) < 4.78 is 33.2. The summed E-state index contributed by atoms with van der Waals surface area (Å²) in [7, 11) is -3.46. The molecule has 1 fully saturated rings. The van der Waals surface area contributed by atoms with E-state index in [2.05, 4.69) is 5.32 Å². The topological polar surface area (TPSA) is 75.7 Å². The molecule has 0 radical (unpaired) electrons. The van der Waals surface area contributed by atoms with Crippen molar-refractivity contribution in [1.29, 1.82) is 0 Å². The van der Waals surface area contributed by atoms with Crippen LogP contribution in [0.3, 0.4) is 0 Å². The summed E-state index contributed by atoms with van der Waals surface area (Å²) in [6.45, 7) is 1.62. The molecule has 32 heavy (non-hydrogen) atoms. The van der Waals surface area contributed by atoms with Gasteiger partial charge < -0.3 is 10.1 Å². The Morgan fingerprint density at radius 1 is 0.938 bits per heavy atom. The molecular weight excluding hydrogens is 444 g/mol. The van der Waals surface area contributed by atoms with Gasteiger partial charge in [-0.05, 0) is 54.8 Å². The Labute approximate surface area is 192 Å². The number of nitrogens with one attached hydrogen (secondary N) is 1. The van der Waals surface area contributed by atoms with Crippen LogP contribution in [0.2, 0.25) is 0 Å². The van der Waals surface area contributed by atoms with Gasteiger partial charge in [0.15, 0.2) is 0 Å². The smallest absolute Gasteiger partial charge is 0.252 e. The van der Waals surface area contributed by atoms with Gasteiger partial charge in [0.2, 0.25) is 5.91 Å². The normalized spacial score (nSPS) is 14.8. The molecular formula is C24H26N2O4S2. The highest BCUT2D eigenvalue weighted by atomic mass is 32.2. The Bertz CT molecular complexity index is 1140. The van der Waals surface area contributed by atoms with Gasteiger partial charge in [0, 0.05) is 23.7 Å². The number of thiophene rings is 1. The zero-order valence-electron chi connectivity index (χ0n) is 17.7. The first kappa shape index (κ1) is 22.5. The minimum atomic E-state index is -3.46. The summed E-state index contributed by atoms with van der Waals surface area (Å²) in [4.78, 5) is 13.2. The number of ether oxygens (including phenoxy) is 1. The Balaban J connectivity index is 1.30. The molecule has 0 unspecified atom stereocenters. The Morgan fingerprint density at radius 3 is 2.38 bits per heavy atom. The van der Waals surface area contributed by atoms with Gasteiger partial charge in [0.25, 0.3) is 10.0 Å². The van der Waals surface area contributed by atoms with Crippen LogP contribution in [-0.4, -0.2) is 31.7 Å². The highest BCUT2D eigenvalue weighted by Crippen LogP contribution is 2.27. The van der Waals surface area contributed by atoms with Gasteiger partial charge in [-0.2, -0.15) is 4.31 Å². The zero-order chi connectivity index (χ0) is 22.4. The minimum absolute atomic E-state index is 0.131. The first-order valence-corrected chi connectivity index (χ1v) is 12.9. The number of hydrogen-bond acceptors (Lipinski definition) is 5. The van der Waals surface area contributed by atoms with Crippen LogP contribution in [0.4, 0.5) is 5.69 Å². The summed E-state index contributed by atoms with van der Waals surface area (Å²) in [5, 5.41) is 2.86. The van der Waals surface area contributed by atoms with E-state index >= 15 is 0 Å². The molecule has 2 heterocycles. The molecule has 1 N–H and O–H groups in total. The van der Waals surface area contributed by atoms with Crippen molar-refractivity contribution in [3.05, 3.63) is 77.2 Å². The monoisotopic (exact) mass is 470 g/mol. The average molecular weight is 471 g/mol. The summed E-state index contributed by atoms with van der Waals surface area (Å²) in [5.74, 6) is 0.532. The van der Waals surface area contributed by atoms with Crippen molar-refractivity contribution >= 4 is 33.0 Å². The summed E-state index contributed by atoms with van der Waals surface area (Å²) in [6, 6.07) is 20.4. The Morgan fingerprint density at radius 2 is 1.66 bits per heavy atom. The predicted octanol–water partition coefficient (Wildman–Crippen LogP) is 4.68. The molecule has 1 aliphatic rings. The lowest BCUT2D eigenvalue weighted by Crippen LogP contribution is -2.35. The Hall–Kier alpha value is -2.68. The van der Waals surface area contributed by atoms with Crippen LogP contribution in [0.5, 0.6) is 5.75 Å². The SMILES string of the molecule is O=C(Cc1ccc(S(=O)(=O)N2CCCCC2)s1)Nc1ccc(OCc2ccccc2)cc1. The number of sulfonamides is 1. The number of hydrogen-bond donors (Lipinski definition) is 1. The Kier molecular flexibility index (Phi) is 7.24. The first-order valence-electron chi connectivity index (χ1n) is 10.7. The van der Waals surface area contributed by atoms with E-state index in [0.29, 0.717) is 29.6 Å². The van der Waals surface area contributed by atoms with Crippen LogP contribution >= 0.6 is 11.3 Å². The third-order valence-electron chi connectivity index (χ3n) is 5.27. The lowest BCUT2D eigenvalue weighted by molar-refractivity contribution is -0.115. The molecule has 1 saturated heterocycles. The van der Waals surface area contributed by atoms with Gasteiger partial charge in [0.1, 0.15) is 16.6 Å².